The monoisotopic (exact) mass is 300 g/mol. The minimum absolute atomic E-state index is 0.192. The number of ether oxygens (including phenoxy) is 2. The summed E-state index contributed by atoms with van der Waals surface area (Å²) in [5, 5.41) is 0. The van der Waals surface area contributed by atoms with Gasteiger partial charge in [0.05, 0.1) is 13.3 Å². The van der Waals surface area contributed by atoms with Crippen molar-refractivity contribution >= 4 is 5.97 Å². The lowest BCUT2D eigenvalue weighted by molar-refractivity contribution is 0.0594. The highest BCUT2D eigenvalue weighted by molar-refractivity contribution is 5.87. The van der Waals surface area contributed by atoms with Crippen LogP contribution in [-0.4, -0.2) is 24.1 Å². The topological polar surface area (TPSA) is 74.4 Å². The first kappa shape index (κ1) is 16.0. The predicted molar refractivity (Wildman–Crippen MR) is 83.8 cm³/mol. The number of pyridine rings is 1. The zero-order chi connectivity index (χ0) is 16.1. The van der Waals surface area contributed by atoms with E-state index in [2.05, 4.69) is 9.72 Å². The van der Waals surface area contributed by atoms with E-state index in [9.17, 15) is 4.79 Å². The molecule has 0 aliphatic carbocycles. The smallest absolute Gasteiger partial charge is 0.356 e. The van der Waals surface area contributed by atoms with Crippen molar-refractivity contribution in [1.29, 1.82) is 0 Å². The van der Waals surface area contributed by atoms with Crippen LogP contribution in [0.2, 0.25) is 0 Å². The highest BCUT2D eigenvalue weighted by atomic mass is 16.5. The van der Waals surface area contributed by atoms with Crippen LogP contribution in [0.5, 0.6) is 5.75 Å². The van der Waals surface area contributed by atoms with Gasteiger partial charge in [0.25, 0.3) is 0 Å². The minimum Gasteiger partial charge on any atom is -0.482 e. The standard InChI is InChI=1S/C17H20N2O3/c1-11-4-6-13(7-5-11)16(12(2)18)22-14-8-9-15(19-10-14)17(20)21-3/h4-10,12,16H,18H2,1-3H3. The molecular weight excluding hydrogens is 280 g/mol. The third kappa shape index (κ3) is 3.83. The first-order chi connectivity index (χ1) is 10.5. The van der Waals surface area contributed by atoms with Crippen molar-refractivity contribution in [3.63, 3.8) is 0 Å². The van der Waals surface area contributed by atoms with Crippen LogP contribution < -0.4 is 10.5 Å². The lowest BCUT2D eigenvalue weighted by Crippen LogP contribution is -2.29. The summed E-state index contributed by atoms with van der Waals surface area (Å²) in [7, 11) is 1.32. The summed E-state index contributed by atoms with van der Waals surface area (Å²) < 4.78 is 10.5. The first-order valence-electron chi connectivity index (χ1n) is 7.04. The fourth-order valence-corrected chi connectivity index (χ4v) is 2.06. The SMILES string of the molecule is COC(=O)c1ccc(OC(c2ccc(C)cc2)C(C)N)cn1. The average molecular weight is 300 g/mol. The van der Waals surface area contributed by atoms with Gasteiger partial charge >= 0.3 is 5.97 Å². The van der Waals surface area contributed by atoms with Crippen LogP contribution in [-0.2, 0) is 4.74 Å². The molecule has 0 saturated heterocycles. The number of methoxy groups -OCH3 is 1. The molecule has 22 heavy (non-hydrogen) atoms. The van der Waals surface area contributed by atoms with Gasteiger partial charge in [-0.05, 0) is 31.5 Å². The van der Waals surface area contributed by atoms with Crippen molar-refractivity contribution in [1.82, 2.24) is 4.98 Å². The van der Waals surface area contributed by atoms with Crippen LogP contribution in [0.3, 0.4) is 0 Å². The Morgan fingerprint density at radius 2 is 1.86 bits per heavy atom. The third-order valence-corrected chi connectivity index (χ3v) is 3.28. The quantitative estimate of drug-likeness (QED) is 0.859. The molecule has 2 aromatic rings. The fourth-order valence-electron chi connectivity index (χ4n) is 2.06. The number of hydrogen-bond donors (Lipinski definition) is 1. The summed E-state index contributed by atoms with van der Waals surface area (Å²) >= 11 is 0. The maximum Gasteiger partial charge on any atom is 0.356 e. The van der Waals surface area contributed by atoms with E-state index in [-0.39, 0.29) is 17.8 Å². The van der Waals surface area contributed by atoms with Gasteiger partial charge < -0.3 is 15.2 Å². The van der Waals surface area contributed by atoms with E-state index in [0.717, 1.165) is 5.56 Å². The van der Waals surface area contributed by atoms with Crippen molar-refractivity contribution in [2.45, 2.75) is 26.0 Å². The summed E-state index contributed by atoms with van der Waals surface area (Å²) in [5.74, 6) is 0.0735. The summed E-state index contributed by atoms with van der Waals surface area (Å²) in [6.07, 6.45) is 1.21. The molecule has 2 atom stereocenters. The van der Waals surface area contributed by atoms with Gasteiger partial charge in [-0.15, -0.1) is 0 Å². The number of nitrogens with zero attached hydrogens (tertiary/aromatic N) is 1. The molecule has 0 spiro atoms. The summed E-state index contributed by atoms with van der Waals surface area (Å²) in [6, 6.07) is 11.1. The van der Waals surface area contributed by atoms with Crippen molar-refractivity contribution in [2.75, 3.05) is 7.11 Å². The number of nitrogens with two attached hydrogens (primary N) is 1. The lowest BCUT2D eigenvalue weighted by Gasteiger charge is -2.23. The molecule has 1 aromatic carbocycles. The van der Waals surface area contributed by atoms with E-state index >= 15 is 0 Å². The molecule has 5 heteroatoms. The maximum absolute atomic E-state index is 11.4. The lowest BCUT2D eigenvalue weighted by atomic mass is 10.0. The van der Waals surface area contributed by atoms with Gasteiger partial charge in [-0.2, -0.15) is 0 Å². The molecule has 1 heterocycles. The molecule has 0 fully saturated rings. The molecule has 5 nitrogen and oxygen atoms in total. The Kier molecular flexibility index (Phi) is 5.12. The molecule has 0 bridgehead atoms. The van der Waals surface area contributed by atoms with Gasteiger partial charge in [0.1, 0.15) is 17.5 Å². The molecule has 116 valence electrons. The molecule has 2 N–H and O–H groups in total. The Balaban J connectivity index is 2.17. The van der Waals surface area contributed by atoms with E-state index in [1.807, 2.05) is 38.1 Å². The minimum atomic E-state index is -0.478. The largest absolute Gasteiger partial charge is 0.482 e. The van der Waals surface area contributed by atoms with E-state index in [1.165, 1.54) is 18.9 Å². The van der Waals surface area contributed by atoms with E-state index in [4.69, 9.17) is 10.5 Å². The molecule has 2 rings (SSSR count). The van der Waals surface area contributed by atoms with Crippen LogP contribution in [0.15, 0.2) is 42.6 Å². The van der Waals surface area contributed by atoms with E-state index < -0.39 is 5.97 Å². The Bertz CT molecular complexity index is 621. The van der Waals surface area contributed by atoms with Crippen LogP contribution in [0.4, 0.5) is 0 Å². The molecule has 0 saturated carbocycles. The van der Waals surface area contributed by atoms with Gasteiger partial charge in [0, 0.05) is 6.04 Å². The number of rotatable bonds is 5. The normalized spacial score (nSPS) is 13.3. The van der Waals surface area contributed by atoms with Gasteiger partial charge in [-0.25, -0.2) is 9.78 Å². The van der Waals surface area contributed by atoms with Gasteiger partial charge in [0.15, 0.2) is 0 Å². The second-order valence-electron chi connectivity index (χ2n) is 5.18. The zero-order valence-corrected chi connectivity index (χ0v) is 12.9. The number of benzene rings is 1. The summed E-state index contributed by atoms with van der Waals surface area (Å²) in [5.41, 5.74) is 8.45. The molecule has 0 amide bonds. The van der Waals surface area contributed by atoms with Gasteiger partial charge in [0.2, 0.25) is 0 Å². The second kappa shape index (κ2) is 7.04. The highest BCUT2D eigenvalue weighted by Crippen LogP contribution is 2.24. The van der Waals surface area contributed by atoms with Gasteiger partial charge in [-0.3, -0.25) is 0 Å². The number of aryl methyl sites for hydroxylation is 1. The third-order valence-electron chi connectivity index (χ3n) is 3.28. The summed E-state index contributed by atoms with van der Waals surface area (Å²) in [6.45, 7) is 3.92. The van der Waals surface area contributed by atoms with Gasteiger partial charge in [-0.1, -0.05) is 29.8 Å². The van der Waals surface area contributed by atoms with Crippen molar-refractivity contribution in [3.8, 4) is 5.75 Å². The Labute approximate surface area is 130 Å². The Hall–Kier alpha value is -2.40. The number of carbonyl (C=O) groups excluding carboxylic acids is 1. The first-order valence-corrected chi connectivity index (χ1v) is 7.04. The number of aromatic nitrogens is 1. The van der Waals surface area contributed by atoms with Crippen LogP contribution in [0, 0.1) is 6.92 Å². The Morgan fingerprint density at radius 3 is 2.36 bits per heavy atom. The summed E-state index contributed by atoms with van der Waals surface area (Å²) in [4.78, 5) is 15.4. The van der Waals surface area contributed by atoms with Crippen molar-refractivity contribution < 1.29 is 14.3 Å². The fraction of sp³-hybridized carbons (Fsp3) is 0.294. The van der Waals surface area contributed by atoms with E-state index in [1.54, 1.807) is 12.1 Å². The highest BCUT2D eigenvalue weighted by Gasteiger charge is 2.18. The number of esters is 1. The Morgan fingerprint density at radius 1 is 1.18 bits per heavy atom. The average Bonchev–Trinajstić information content (AvgIpc) is 2.53. The van der Waals surface area contributed by atoms with Crippen LogP contribution >= 0.6 is 0 Å². The number of hydrogen-bond acceptors (Lipinski definition) is 5. The number of carbonyl (C=O) groups is 1. The molecule has 1 aromatic heterocycles. The molecule has 0 aliphatic rings. The predicted octanol–water partition coefficient (Wildman–Crippen LogP) is 2.64. The van der Waals surface area contributed by atoms with Crippen molar-refractivity contribution in [2.24, 2.45) is 5.73 Å². The molecule has 0 aliphatic heterocycles. The zero-order valence-electron chi connectivity index (χ0n) is 12.9. The van der Waals surface area contributed by atoms with Crippen molar-refractivity contribution in [3.05, 3.63) is 59.4 Å². The maximum atomic E-state index is 11.4. The van der Waals surface area contributed by atoms with E-state index in [0.29, 0.717) is 5.75 Å². The molecule has 0 radical (unpaired) electrons. The van der Waals surface area contributed by atoms with Crippen LogP contribution in [0.25, 0.3) is 0 Å². The molecule has 2 unspecified atom stereocenters. The molecular formula is C17H20N2O3. The van der Waals surface area contributed by atoms with Crippen LogP contribution in [0.1, 0.15) is 34.6 Å². The second-order valence-corrected chi connectivity index (χ2v) is 5.18.